The minimum absolute atomic E-state index is 0.253. The second kappa shape index (κ2) is 3.24. The molecular formula is C11H13N3O. The summed E-state index contributed by atoms with van der Waals surface area (Å²) < 4.78 is 7.53. The van der Waals surface area contributed by atoms with Crippen molar-refractivity contribution in [3.05, 3.63) is 30.4 Å². The molecule has 4 heteroatoms. The van der Waals surface area contributed by atoms with Gasteiger partial charge in [-0.3, -0.25) is 0 Å². The van der Waals surface area contributed by atoms with E-state index in [4.69, 9.17) is 10.2 Å². The van der Waals surface area contributed by atoms with Gasteiger partial charge in [-0.2, -0.15) is 0 Å². The highest BCUT2D eigenvalue weighted by Gasteiger charge is 2.21. The van der Waals surface area contributed by atoms with E-state index in [0.29, 0.717) is 0 Å². The van der Waals surface area contributed by atoms with Crippen molar-refractivity contribution in [3.8, 4) is 11.5 Å². The van der Waals surface area contributed by atoms with Crippen LogP contribution in [0.3, 0.4) is 0 Å². The van der Waals surface area contributed by atoms with Crippen molar-refractivity contribution in [3.63, 3.8) is 0 Å². The fourth-order valence-electron chi connectivity index (χ4n) is 2.09. The lowest BCUT2D eigenvalue weighted by atomic mass is 10.0. The highest BCUT2D eigenvalue weighted by Crippen LogP contribution is 2.26. The fourth-order valence-corrected chi connectivity index (χ4v) is 2.09. The minimum Gasteiger partial charge on any atom is -0.463 e. The number of nitrogens with two attached hydrogens (primary N) is 1. The number of furan rings is 1. The fraction of sp³-hybridized carbons (Fsp3) is 0.364. The maximum absolute atomic E-state index is 5.96. The number of fused-ring (bicyclic) bond motifs is 1. The molecule has 1 aliphatic rings. The highest BCUT2D eigenvalue weighted by molar-refractivity contribution is 5.55. The first-order chi connectivity index (χ1) is 7.34. The Kier molecular flexibility index (Phi) is 1.89. The van der Waals surface area contributed by atoms with Crippen molar-refractivity contribution in [2.75, 3.05) is 0 Å². The molecule has 0 amide bonds. The number of aryl methyl sites for hydroxylation is 1. The molecule has 4 nitrogen and oxygen atoms in total. The molecule has 15 heavy (non-hydrogen) atoms. The van der Waals surface area contributed by atoms with Gasteiger partial charge in [0.1, 0.15) is 5.69 Å². The van der Waals surface area contributed by atoms with Gasteiger partial charge < -0.3 is 14.7 Å². The molecule has 0 saturated carbocycles. The summed E-state index contributed by atoms with van der Waals surface area (Å²) in [5.74, 6) is 0.831. The lowest BCUT2D eigenvalue weighted by Gasteiger charge is -2.20. The summed E-state index contributed by atoms with van der Waals surface area (Å²) in [6.07, 6.45) is 5.46. The SMILES string of the molecule is NC1CCn2cnc(-c3ccco3)c2C1. The monoisotopic (exact) mass is 203 g/mol. The molecule has 0 aromatic carbocycles. The first kappa shape index (κ1) is 8.73. The van der Waals surface area contributed by atoms with Gasteiger partial charge in [0, 0.05) is 24.7 Å². The molecule has 0 bridgehead atoms. The van der Waals surface area contributed by atoms with Crippen molar-refractivity contribution < 1.29 is 4.42 Å². The zero-order valence-corrected chi connectivity index (χ0v) is 8.39. The van der Waals surface area contributed by atoms with Gasteiger partial charge >= 0.3 is 0 Å². The van der Waals surface area contributed by atoms with Gasteiger partial charge in [-0.25, -0.2) is 4.98 Å². The van der Waals surface area contributed by atoms with Gasteiger partial charge in [-0.15, -0.1) is 0 Å². The van der Waals surface area contributed by atoms with Crippen LogP contribution in [0.1, 0.15) is 12.1 Å². The third kappa shape index (κ3) is 1.37. The molecule has 1 aliphatic heterocycles. The number of rotatable bonds is 1. The van der Waals surface area contributed by atoms with Crippen molar-refractivity contribution in [1.82, 2.24) is 9.55 Å². The lowest BCUT2D eigenvalue weighted by Crippen LogP contribution is -2.30. The lowest BCUT2D eigenvalue weighted by molar-refractivity contribution is 0.471. The molecule has 3 heterocycles. The summed E-state index contributed by atoms with van der Waals surface area (Å²) >= 11 is 0. The first-order valence-corrected chi connectivity index (χ1v) is 5.18. The molecule has 0 spiro atoms. The summed E-state index contributed by atoms with van der Waals surface area (Å²) in [7, 11) is 0. The highest BCUT2D eigenvalue weighted by atomic mass is 16.3. The van der Waals surface area contributed by atoms with E-state index in [-0.39, 0.29) is 6.04 Å². The Morgan fingerprint density at radius 2 is 2.47 bits per heavy atom. The predicted molar refractivity (Wildman–Crippen MR) is 56.2 cm³/mol. The molecule has 1 unspecified atom stereocenters. The Morgan fingerprint density at radius 1 is 1.53 bits per heavy atom. The number of hydrogen-bond donors (Lipinski definition) is 1. The first-order valence-electron chi connectivity index (χ1n) is 5.18. The number of hydrogen-bond acceptors (Lipinski definition) is 3. The van der Waals surface area contributed by atoms with Gasteiger partial charge in [-0.05, 0) is 18.6 Å². The van der Waals surface area contributed by atoms with Gasteiger partial charge in [0.15, 0.2) is 5.76 Å². The van der Waals surface area contributed by atoms with Crippen molar-refractivity contribution >= 4 is 0 Å². The van der Waals surface area contributed by atoms with Crippen LogP contribution in [0.15, 0.2) is 29.1 Å². The second-order valence-electron chi connectivity index (χ2n) is 3.96. The van der Waals surface area contributed by atoms with Crippen LogP contribution in [0.2, 0.25) is 0 Å². The molecule has 1 atom stereocenters. The molecule has 0 radical (unpaired) electrons. The van der Waals surface area contributed by atoms with E-state index < -0.39 is 0 Å². The van der Waals surface area contributed by atoms with Crippen molar-refractivity contribution in [2.45, 2.75) is 25.4 Å². The summed E-state index contributed by atoms with van der Waals surface area (Å²) in [6.45, 7) is 0.963. The summed E-state index contributed by atoms with van der Waals surface area (Å²) in [5.41, 5.74) is 8.10. The van der Waals surface area contributed by atoms with Crippen LogP contribution in [0.5, 0.6) is 0 Å². The molecule has 2 N–H and O–H groups in total. The van der Waals surface area contributed by atoms with Crippen molar-refractivity contribution in [1.29, 1.82) is 0 Å². The topological polar surface area (TPSA) is 57.0 Å². The molecule has 0 saturated heterocycles. The average molecular weight is 203 g/mol. The van der Waals surface area contributed by atoms with Crippen LogP contribution >= 0.6 is 0 Å². The molecule has 0 aliphatic carbocycles. The Bertz CT molecular complexity index is 458. The van der Waals surface area contributed by atoms with E-state index in [9.17, 15) is 0 Å². The minimum atomic E-state index is 0.253. The van der Waals surface area contributed by atoms with Gasteiger partial charge in [0.05, 0.1) is 12.6 Å². The van der Waals surface area contributed by atoms with E-state index in [1.807, 2.05) is 18.5 Å². The zero-order valence-electron chi connectivity index (χ0n) is 8.39. The molecule has 78 valence electrons. The Hall–Kier alpha value is -1.55. The van der Waals surface area contributed by atoms with Gasteiger partial charge in [0.2, 0.25) is 0 Å². The van der Waals surface area contributed by atoms with Crippen LogP contribution in [-0.4, -0.2) is 15.6 Å². The van der Waals surface area contributed by atoms with Crippen LogP contribution in [0, 0.1) is 0 Å². The molecular weight excluding hydrogens is 190 g/mol. The summed E-state index contributed by atoms with van der Waals surface area (Å²) in [5, 5.41) is 0. The maximum Gasteiger partial charge on any atom is 0.154 e. The number of nitrogens with zero attached hydrogens (tertiary/aromatic N) is 2. The largest absolute Gasteiger partial charge is 0.463 e. The second-order valence-corrected chi connectivity index (χ2v) is 3.96. The standard InChI is InChI=1S/C11H13N3O/c12-8-3-4-14-7-13-11(9(14)6-8)10-2-1-5-15-10/h1-2,5,7-8H,3-4,6,12H2. The Balaban J connectivity index is 2.07. The van der Waals surface area contributed by atoms with Crippen LogP contribution in [-0.2, 0) is 13.0 Å². The third-order valence-corrected chi connectivity index (χ3v) is 2.90. The molecule has 2 aromatic heterocycles. The van der Waals surface area contributed by atoms with Gasteiger partial charge in [0.25, 0.3) is 0 Å². The number of imidazole rings is 1. The van der Waals surface area contributed by atoms with E-state index in [1.54, 1.807) is 6.26 Å². The van der Waals surface area contributed by atoms with Gasteiger partial charge in [-0.1, -0.05) is 0 Å². The maximum atomic E-state index is 5.96. The number of aromatic nitrogens is 2. The molecule has 2 aromatic rings. The van der Waals surface area contributed by atoms with Crippen LogP contribution in [0.4, 0.5) is 0 Å². The van der Waals surface area contributed by atoms with E-state index in [0.717, 1.165) is 30.8 Å². The quantitative estimate of drug-likeness (QED) is 0.762. The molecule has 3 rings (SSSR count). The normalized spacial score (nSPS) is 20.2. The Labute approximate surface area is 87.7 Å². The summed E-state index contributed by atoms with van der Waals surface area (Å²) in [4.78, 5) is 4.39. The van der Waals surface area contributed by atoms with E-state index in [2.05, 4.69) is 9.55 Å². The molecule has 0 fully saturated rings. The van der Waals surface area contributed by atoms with Crippen LogP contribution < -0.4 is 5.73 Å². The third-order valence-electron chi connectivity index (χ3n) is 2.90. The Morgan fingerprint density at radius 3 is 3.27 bits per heavy atom. The average Bonchev–Trinajstić information content (AvgIpc) is 2.83. The summed E-state index contributed by atoms with van der Waals surface area (Å²) in [6, 6.07) is 4.07. The van der Waals surface area contributed by atoms with Crippen molar-refractivity contribution in [2.24, 2.45) is 5.73 Å². The predicted octanol–water partition coefficient (Wildman–Crippen LogP) is 1.42. The van der Waals surface area contributed by atoms with E-state index in [1.165, 1.54) is 5.69 Å². The van der Waals surface area contributed by atoms with E-state index >= 15 is 0 Å². The zero-order chi connectivity index (χ0) is 10.3. The van der Waals surface area contributed by atoms with Crippen LogP contribution in [0.25, 0.3) is 11.5 Å². The smallest absolute Gasteiger partial charge is 0.154 e.